The first-order chi connectivity index (χ1) is 9.23. The molecule has 0 aromatic carbocycles. The number of likely N-dealkylation sites (N-methyl/N-ethyl adjacent to an activating group) is 1. The molecule has 0 unspecified atom stereocenters. The predicted octanol–water partition coefficient (Wildman–Crippen LogP) is 2.42. The molecule has 2 heterocycles. The Hall–Kier alpha value is -1.17. The lowest BCUT2D eigenvalue weighted by Crippen LogP contribution is -2.62. The van der Waals surface area contributed by atoms with E-state index in [9.17, 15) is 4.79 Å². The van der Waals surface area contributed by atoms with E-state index in [0.717, 1.165) is 22.8 Å². The van der Waals surface area contributed by atoms with E-state index in [-0.39, 0.29) is 11.8 Å². The maximum absolute atomic E-state index is 12.4. The SMILES string of the molecule is CC(C)c1nc(Br)cc(N2CCN(C)C(=O)C2(C)C)n1. The van der Waals surface area contributed by atoms with Crippen molar-refractivity contribution in [2.24, 2.45) is 0 Å². The molecule has 0 bridgehead atoms. The van der Waals surface area contributed by atoms with Crippen LogP contribution >= 0.6 is 15.9 Å². The van der Waals surface area contributed by atoms with Crippen LogP contribution in [0.15, 0.2) is 10.7 Å². The van der Waals surface area contributed by atoms with Gasteiger partial charge >= 0.3 is 0 Å². The second kappa shape index (κ2) is 5.31. The molecule has 1 aliphatic heterocycles. The molecular weight excluding hydrogens is 320 g/mol. The van der Waals surface area contributed by atoms with Crippen LogP contribution in [0.2, 0.25) is 0 Å². The minimum Gasteiger partial charge on any atom is -0.342 e. The van der Waals surface area contributed by atoms with Crippen LogP contribution in [0.5, 0.6) is 0 Å². The zero-order valence-corrected chi connectivity index (χ0v) is 14.2. The van der Waals surface area contributed by atoms with E-state index in [1.807, 2.05) is 27.0 Å². The Morgan fingerprint density at radius 1 is 1.30 bits per heavy atom. The van der Waals surface area contributed by atoms with Gasteiger partial charge in [0.05, 0.1) is 0 Å². The van der Waals surface area contributed by atoms with Gasteiger partial charge in [-0.15, -0.1) is 0 Å². The van der Waals surface area contributed by atoms with Crippen LogP contribution < -0.4 is 4.90 Å². The topological polar surface area (TPSA) is 49.3 Å². The third-order valence-corrected chi connectivity index (χ3v) is 4.10. The lowest BCUT2D eigenvalue weighted by molar-refractivity contribution is -0.136. The van der Waals surface area contributed by atoms with Gasteiger partial charge in [-0.05, 0) is 29.8 Å². The molecule has 2 rings (SSSR count). The number of carbonyl (C=O) groups excluding carboxylic acids is 1. The van der Waals surface area contributed by atoms with Gasteiger partial charge in [0.15, 0.2) is 0 Å². The summed E-state index contributed by atoms with van der Waals surface area (Å²) < 4.78 is 0.758. The fourth-order valence-corrected chi connectivity index (χ4v) is 2.82. The molecule has 0 radical (unpaired) electrons. The molecule has 1 aromatic rings. The average molecular weight is 341 g/mol. The highest BCUT2D eigenvalue weighted by atomic mass is 79.9. The third kappa shape index (κ3) is 2.66. The van der Waals surface area contributed by atoms with Gasteiger partial charge in [-0.3, -0.25) is 4.79 Å². The normalized spacial score (nSPS) is 18.9. The highest BCUT2D eigenvalue weighted by Crippen LogP contribution is 2.29. The zero-order valence-electron chi connectivity index (χ0n) is 12.6. The van der Waals surface area contributed by atoms with Crippen molar-refractivity contribution < 1.29 is 4.79 Å². The molecule has 1 aliphatic rings. The van der Waals surface area contributed by atoms with E-state index in [4.69, 9.17) is 0 Å². The number of carbonyl (C=O) groups is 1. The summed E-state index contributed by atoms with van der Waals surface area (Å²) >= 11 is 3.44. The molecule has 6 heteroatoms. The van der Waals surface area contributed by atoms with Gasteiger partial charge in [-0.25, -0.2) is 9.97 Å². The summed E-state index contributed by atoms with van der Waals surface area (Å²) in [5.74, 6) is 1.96. The molecular formula is C14H21BrN4O. The van der Waals surface area contributed by atoms with Crippen molar-refractivity contribution in [3.05, 3.63) is 16.5 Å². The number of aromatic nitrogens is 2. The fraction of sp³-hybridized carbons (Fsp3) is 0.643. The number of piperazine rings is 1. The molecule has 1 amide bonds. The Morgan fingerprint density at radius 3 is 2.55 bits per heavy atom. The monoisotopic (exact) mass is 340 g/mol. The maximum atomic E-state index is 12.4. The Bertz CT molecular complexity index is 530. The van der Waals surface area contributed by atoms with Gasteiger partial charge in [0, 0.05) is 32.1 Å². The van der Waals surface area contributed by atoms with Crippen molar-refractivity contribution in [3.63, 3.8) is 0 Å². The molecule has 0 saturated carbocycles. The number of nitrogens with zero attached hydrogens (tertiary/aromatic N) is 4. The van der Waals surface area contributed by atoms with Crippen molar-refractivity contribution in [2.75, 3.05) is 25.0 Å². The first-order valence-corrected chi connectivity index (χ1v) is 7.60. The van der Waals surface area contributed by atoms with Crippen LogP contribution in [-0.4, -0.2) is 46.5 Å². The lowest BCUT2D eigenvalue weighted by Gasteiger charge is -2.45. The third-order valence-electron chi connectivity index (χ3n) is 3.70. The first-order valence-electron chi connectivity index (χ1n) is 6.81. The van der Waals surface area contributed by atoms with Crippen LogP contribution in [0.25, 0.3) is 0 Å². The molecule has 20 heavy (non-hydrogen) atoms. The van der Waals surface area contributed by atoms with Gasteiger partial charge in [0.1, 0.15) is 21.8 Å². The second-order valence-corrected chi connectivity index (χ2v) is 6.81. The summed E-state index contributed by atoms with van der Waals surface area (Å²) in [7, 11) is 1.84. The van der Waals surface area contributed by atoms with Gasteiger partial charge in [0.2, 0.25) is 5.91 Å². The van der Waals surface area contributed by atoms with Crippen molar-refractivity contribution in [2.45, 2.75) is 39.2 Å². The van der Waals surface area contributed by atoms with Crippen molar-refractivity contribution in [3.8, 4) is 0 Å². The van der Waals surface area contributed by atoms with E-state index >= 15 is 0 Å². The van der Waals surface area contributed by atoms with E-state index in [2.05, 4.69) is 44.6 Å². The smallest absolute Gasteiger partial charge is 0.247 e. The first kappa shape index (κ1) is 15.2. The molecule has 0 atom stereocenters. The summed E-state index contributed by atoms with van der Waals surface area (Å²) in [5, 5.41) is 0. The number of halogens is 1. The summed E-state index contributed by atoms with van der Waals surface area (Å²) in [6.45, 7) is 9.49. The van der Waals surface area contributed by atoms with Crippen LogP contribution in [0.1, 0.15) is 39.4 Å². The van der Waals surface area contributed by atoms with Gasteiger partial charge < -0.3 is 9.80 Å². The van der Waals surface area contributed by atoms with Crippen LogP contribution in [0, 0.1) is 0 Å². The molecule has 5 nitrogen and oxygen atoms in total. The molecule has 1 fully saturated rings. The second-order valence-electron chi connectivity index (χ2n) is 6.00. The highest BCUT2D eigenvalue weighted by molar-refractivity contribution is 9.10. The van der Waals surface area contributed by atoms with E-state index in [1.54, 1.807) is 4.90 Å². The summed E-state index contributed by atoms with van der Waals surface area (Å²) in [5.41, 5.74) is -0.588. The molecule has 110 valence electrons. The van der Waals surface area contributed by atoms with E-state index < -0.39 is 5.54 Å². The van der Waals surface area contributed by atoms with Crippen molar-refractivity contribution >= 4 is 27.7 Å². The number of rotatable bonds is 2. The quantitative estimate of drug-likeness (QED) is 0.776. The molecule has 0 N–H and O–H groups in total. The number of anilines is 1. The van der Waals surface area contributed by atoms with Gasteiger partial charge in [-0.1, -0.05) is 13.8 Å². The van der Waals surface area contributed by atoms with Crippen molar-refractivity contribution in [1.82, 2.24) is 14.9 Å². The largest absolute Gasteiger partial charge is 0.342 e. The Labute approximate surface area is 128 Å². The lowest BCUT2D eigenvalue weighted by atomic mass is 9.98. The minimum absolute atomic E-state index is 0.115. The highest BCUT2D eigenvalue weighted by Gasteiger charge is 2.41. The summed E-state index contributed by atoms with van der Waals surface area (Å²) in [6.07, 6.45) is 0. The van der Waals surface area contributed by atoms with Crippen LogP contribution in [-0.2, 0) is 4.79 Å². The Morgan fingerprint density at radius 2 is 1.95 bits per heavy atom. The Balaban J connectivity index is 2.43. The summed E-state index contributed by atoms with van der Waals surface area (Å²) in [4.78, 5) is 25.2. The van der Waals surface area contributed by atoms with Gasteiger partial charge in [0.25, 0.3) is 0 Å². The standard InChI is InChI=1S/C14H21BrN4O/c1-9(2)12-16-10(15)8-11(17-12)19-7-6-18(5)13(20)14(19,3)4/h8-9H,6-7H2,1-5H3. The molecule has 0 spiro atoms. The number of amides is 1. The van der Waals surface area contributed by atoms with Crippen LogP contribution in [0.3, 0.4) is 0 Å². The zero-order chi connectivity index (χ0) is 15.1. The number of hydrogen-bond acceptors (Lipinski definition) is 4. The predicted molar refractivity (Wildman–Crippen MR) is 82.9 cm³/mol. The molecule has 1 aromatic heterocycles. The van der Waals surface area contributed by atoms with Crippen molar-refractivity contribution in [1.29, 1.82) is 0 Å². The minimum atomic E-state index is -0.588. The van der Waals surface area contributed by atoms with Gasteiger partial charge in [-0.2, -0.15) is 0 Å². The summed E-state index contributed by atoms with van der Waals surface area (Å²) in [6, 6.07) is 1.88. The van der Waals surface area contributed by atoms with Crippen LogP contribution in [0.4, 0.5) is 5.82 Å². The average Bonchev–Trinajstić information content (AvgIpc) is 2.35. The number of hydrogen-bond donors (Lipinski definition) is 0. The van der Waals surface area contributed by atoms with E-state index in [1.165, 1.54) is 0 Å². The molecule has 0 aliphatic carbocycles. The van der Waals surface area contributed by atoms with E-state index in [0.29, 0.717) is 6.54 Å². The fourth-order valence-electron chi connectivity index (χ4n) is 2.43. The maximum Gasteiger partial charge on any atom is 0.247 e. The Kier molecular flexibility index (Phi) is 4.04. The molecule has 1 saturated heterocycles.